The van der Waals surface area contributed by atoms with Crippen LogP contribution in [0.3, 0.4) is 0 Å². The number of carbonyl (C=O) groups excluding carboxylic acids is 1. The van der Waals surface area contributed by atoms with Gasteiger partial charge in [0.2, 0.25) is 15.9 Å². The predicted molar refractivity (Wildman–Crippen MR) is 139 cm³/mol. The molecule has 0 bridgehead atoms. The number of hydrogen-bond acceptors (Lipinski definition) is 4. The molecule has 8 heteroatoms. The van der Waals surface area contributed by atoms with Crippen LogP contribution < -0.4 is 0 Å². The molecule has 4 rings (SSSR count). The predicted octanol–water partition coefficient (Wildman–Crippen LogP) is 4.18. The molecule has 184 valence electrons. The summed E-state index contributed by atoms with van der Waals surface area (Å²) >= 11 is 5.96. The Balaban J connectivity index is 1.46. The topological polar surface area (TPSA) is 60.9 Å². The van der Waals surface area contributed by atoms with Gasteiger partial charge in [0, 0.05) is 44.3 Å². The van der Waals surface area contributed by atoms with Gasteiger partial charge in [0.1, 0.15) is 0 Å². The Bertz CT molecular complexity index is 1240. The molecule has 1 aliphatic rings. The fraction of sp³-hybridized carbons (Fsp3) is 0.296. The van der Waals surface area contributed by atoms with Crippen LogP contribution in [0.2, 0.25) is 5.02 Å². The maximum absolute atomic E-state index is 13.5. The first kappa shape index (κ1) is 25.4. The average Bonchev–Trinajstić information content (AvgIpc) is 2.85. The molecule has 35 heavy (non-hydrogen) atoms. The van der Waals surface area contributed by atoms with Crippen molar-refractivity contribution in [1.29, 1.82) is 0 Å². The molecule has 1 heterocycles. The van der Waals surface area contributed by atoms with E-state index in [9.17, 15) is 13.2 Å². The normalized spacial score (nSPS) is 14.9. The summed E-state index contributed by atoms with van der Waals surface area (Å²) in [5.74, 6) is -0.186. The molecule has 0 saturated carbocycles. The second-order valence-corrected chi connectivity index (χ2v) is 11.2. The van der Waals surface area contributed by atoms with E-state index in [4.69, 9.17) is 11.6 Å². The van der Waals surface area contributed by atoms with Gasteiger partial charge in [0.05, 0.1) is 11.4 Å². The van der Waals surface area contributed by atoms with Gasteiger partial charge in [0.15, 0.2) is 0 Å². The maximum Gasteiger partial charge on any atom is 0.243 e. The van der Waals surface area contributed by atoms with Crippen LogP contribution in [0.5, 0.6) is 0 Å². The lowest BCUT2D eigenvalue weighted by Crippen LogP contribution is -2.51. The molecule has 0 unspecified atom stereocenters. The number of piperazine rings is 1. The number of rotatable bonds is 8. The molecule has 0 aliphatic carbocycles. The Morgan fingerprint density at radius 2 is 1.54 bits per heavy atom. The van der Waals surface area contributed by atoms with Gasteiger partial charge in [-0.3, -0.25) is 9.69 Å². The molecular formula is C27H30ClN3O3S. The number of benzene rings is 3. The van der Waals surface area contributed by atoms with Gasteiger partial charge in [-0.2, -0.15) is 4.31 Å². The van der Waals surface area contributed by atoms with Gasteiger partial charge in [-0.1, -0.05) is 71.8 Å². The van der Waals surface area contributed by atoms with Gasteiger partial charge in [-0.25, -0.2) is 8.42 Å². The summed E-state index contributed by atoms with van der Waals surface area (Å²) in [4.78, 5) is 17.4. The third-order valence-electron chi connectivity index (χ3n) is 6.18. The van der Waals surface area contributed by atoms with Crippen molar-refractivity contribution in [1.82, 2.24) is 14.1 Å². The number of sulfonamides is 1. The molecule has 3 aromatic rings. The number of carbonyl (C=O) groups is 1. The van der Waals surface area contributed by atoms with Crippen molar-refractivity contribution in [3.63, 3.8) is 0 Å². The summed E-state index contributed by atoms with van der Waals surface area (Å²) in [7, 11) is -3.90. The summed E-state index contributed by atoms with van der Waals surface area (Å²) in [6.45, 7) is 5.36. The molecule has 1 saturated heterocycles. The molecule has 0 atom stereocenters. The van der Waals surface area contributed by atoms with Gasteiger partial charge in [-0.05, 0) is 42.3 Å². The molecule has 1 amide bonds. The lowest BCUT2D eigenvalue weighted by Gasteiger charge is -2.35. The SMILES string of the molecule is Cc1cccc(CN(CC(=O)N2CCN(Cc3ccccc3)CC2)S(=O)(=O)c2ccc(Cl)cc2)c1. The van der Waals surface area contributed by atoms with E-state index < -0.39 is 10.0 Å². The summed E-state index contributed by atoms with van der Waals surface area (Å²) in [6, 6.07) is 24.0. The van der Waals surface area contributed by atoms with E-state index in [1.165, 1.54) is 22.0 Å². The van der Waals surface area contributed by atoms with Gasteiger partial charge in [-0.15, -0.1) is 0 Å². The minimum Gasteiger partial charge on any atom is -0.339 e. The number of amides is 1. The number of nitrogens with zero attached hydrogens (tertiary/aromatic N) is 3. The Morgan fingerprint density at radius 1 is 0.886 bits per heavy atom. The van der Waals surface area contributed by atoms with Crippen LogP contribution in [0.15, 0.2) is 83.8 Å². The standard InChI is InChI=1S/C27H30ClN3O3S/c1-22-6-5-9-24(18-22)20-31(35(33,34)26-12-10-25(28)11-13-26)21-27(32)30-16-14-29(15-17-30)19-23-7-3-2-4-8-23/h2-13,18H,14-17,19-21H2,1H3. The van der Waals surface area contributed by atoms with E-state index in [1.54, 1.807) is 17.0 Å². The van der Waals surface area contributed by atoms with E-state index in [0.29, 0.717) is 18.1 Å². The number of halogens is 1. The Labute approximate surface area is 212 Å². The molecule has 3 aromatic carbocycles. The van der Waals surface area contributed by atoms with E-state index in [0.717, 1.165) is 30.8 Å². The van der Waals surface area contributed by atoms with Gasteiger partial charge < -0.3 is 4.90 Å². The molecule has 6 nitrogen and oxygen atoms in total. The van der Waals surface area contributed by atoms with Crippen LogP contribution in [0, 0.1) is 6.92 Å². The van der Waals surface area contributed by atoms with Crippen molar-refractivity contribution in [2.24, 2.45) is 0 Å². The molecule has 1 aliphatic heterocycles. The second kappa shape index (κ2) is 11.4. The van der Waals surface area contributed by atoms with E-state index in [1.807, 2.05) is 49.4 Å². The van der Waals surface area contributed by atoms with Crippen molar-refractivity contribution in [2.45, 2.75) is 24.9 Å². The van der Waals surface area contributed by atoms with Crippen molar-refractivity contribution in [2.75, 3.05) is 32.7 Å². The lowest BCUT2D eigenvalue weighted by atomic mass is 10.1. The van der Waals surface area contributed by atoms with Crippen molar-refractivity contribution in [3.05, 3.63) is 101 Å². The molecule has 1 fully saturated rings. The van der Waals surface area contributed by atoms with Crippen LogP contribution in [-0.2, 0) is 27.9 Å². The van der Waals surface area contributed by atoms with E-state index in [-0.39, 0.29) is 23.9 Å². The Kier molecular flexibility index (Phi) is 8.23. The monoisotopic (exact) mass is 511 g/mol. The highest BCUT2D eigenvalue weighted by Gasteiger charge is 2.30. The fourth-order valence-electron chi connectivity index (χ4n) is 4.24. The van der Waals surface area contributed by atoms with Crippen LogP contribution in [-0.4, -0.2) is 61.2 Å². The average molecular weight is 512 g/mol. The van der Waals surface area contributed by atoms with Gasteiger partial charge in [0.25, 0.3) is 0 Å². The highest BCUT2D eigenvalue weighted by molar-refractivity contribution is 7.89. The van der Waals surface area contributed by atoms with Crippen LogP contribution in [0.25, 0.3) is 0 Å². The largest absolute Gasteiger partial charge is 0.339 e. The molecule has 0 spiro atoms. The minimum atomic E-state index is -3.90. The van der Waals surface area contributed by atoms with Crippen molar-refractivity contribution >= 4 is 27.5 Å². The fourth-order valence-corrected chi connectivity index (χ4v) is 5.75. The third-order valence-corrected chi connectivity index (χ3v) is 8.24. The highest BCUT2D eigenvalue weighted by atomic mass is 35.5. The maximum atomic E-state index is 13.5. The van der Waals surface area contributed by atoms with E-state index >= 15 is 0 Å². The summed E-state index contributed by atoms with van der Waals surface area (Å²) in [5, 5.41) is 0.457. The summed E-state index contributed by atoms with van der Waals surface area (Å²) < 4.78 is 28.3. The molecule has 0 N–H and O–H groups in total. The Morgan fingerprint density at radius 3 is 2.20 bits per heavy atom. The Hall–Kier alpha value is -2.71. The lowest BCUT2D eigenvalue weighted by molar-refractivity contribution is -0.133. The van der Waals surface area contributed by atoms with Crippen molar-refractivity contribution < 1.29 is 13.2 Å². The van der Waals surface area contributed by atoms with Crippen LogP contribution in [0.1, 0.15) is 16.7 Å². The summed E-state index contributed by atoms with van der Waals surface area (Å²) in [5.41, 5.74) is 3.11. The van der Waals surface area contributed by atoms with Crippen LogP contribution in [0.4, 0.5) is 0 Å². The quantitative estimate of drug-likeness (QED) is 0.455. The first-order valence-electron chi connectivity index (χ1n) is 11.7. The minimum absolute atomic E-state index is 0.117. The first-order chi connectivity index (χ1) is 16.8. The number of aryl methyl sites for hydroxylation is 1. The van der Waals surface area contributed by atoms with E-state index in [2.05, 4.69) is 17.0 Å². The highest BCUT2D eigenvalue weighted by Crippen LogP contribution is 2.21. The van der Waals surface area contributed by atoms with Gasteiger partial charge >= 0.3 is 0 Å². The zero-order valence-electron chi connectivity index (χ0n) is 19.8. The molecular weight excluding hydrogens is 482 g/mol. The molecule has 0 aromatic heterocycles. The zero-order valence-corrected chi connectivity index (χ0v) is 21.4. The smallest absolute Gasteiger partial charge is 0.243 e. The summed E-state index contributed by atoms with van der Waals surface area (Å²) in [6.07, 6.45) is 0. The molecule has 0 radical (unpaired) electrons. The third kappa shape index (κ3) is 6.70. The van der Waals surface area contributed by atoms with Crippen molar-refractivity contribution in [3.8, 4) is 0 Å². The zero-order chi connectivity index (χ0) is 24.8. The first-order valence-corrected chi connectivity index (χ1v) is 13.5. The number of hydrogen-bond donors (Lipinski definition) is 0. The van der Waals surface area contributed by atoms with Crippen LogP contribution >= 0.6 is 11.6 Å². The second-order valence-electron chi connectivity index (χ2n) is 8.86.